The molecule has 0 saturated carbocycles. The summed E-state index contributed by atoms with van der Waals surface area (Å²) in [6, 6.07) is 6.86. The fraction of sp³-hybridized carbons (Fsp3) is 0.500. The molecule has 0 atom stereocenters. The standard InChI is InChI=1S/C18H24N2S/c1-11-15(20-16(19)21-11)12-6-7-13-14(10-12)18(4,5)9-8-17(13,2)3/h6-7,10H,8-9H2,1-5H3,(H2,19,20). The lowest BCUT2D eigenvalue weighted by Gasteiger charge is -2.42. The van der Waals surface area contributed by atoms with Crippen LogP contribution >= 0.6 is 11.3 Å². The lowest BCUT2D eigenvalue weighted by atomic mass is 9.63. The number of benzene rings is 1. The van der Waals surface area contributed by atoms with Crippen molar-refractivity contribution in [1.29, 1.82) is 0 Å². The Bertz CT molecular complexity index is 695. The van der Waals surface area contributed by atoms with Crippen LogP contribution in [0.4, 0.5) is 5.13 Å². The number of nitrogens with two attached hydrogens (primary N) is 1. The van der Waals surface area contributed by atoms with Crippen LogP contribution in [-0.2, 0) is 10.8 Å². The smallest absolute Gasteiger partial charge is 0.180 e. The van der Waals surface area contributed by atoms with Crippen molar-refractivity contribution in [1.82, 2.24) is 4.98 Å². The summed E-state index contributed by atoms with van der Waals surface area (Å²) in [5, 5.41) is 0.653. The van der Waals surface area contributed by atoms with Gasteiger partial charge in [0.15, 0.2) is 5.13 Å². The van der Waals surface area contributed by atoms with Crippen molar-refractivity contribution in [2.75, 3.05) is 5.73 Å². The monoisotopic (exact) mass is 300 g/mol. The molecule has 1 aromatic carbocycles. The minimum absolute atomic E-state index is 0.232. The maximum Gasteiger partial charge on any atom is 0.180 e. The van der Waals surface area contributed by atoms with Crippen molar-refractivity contribution < 1.29 is 0 Å². The molecule has 0 unspecified atom stereocenters. The minimum atomic E-state index is 0.232. The Balaban J connectivity index is 2.18. The van der Waals surface area contributed by atoms with Crippen LogP contribution in [-0.4, -0.2) is 4.98 Å². The van der Waals surface area contributed by atoms with E-state index >= 15 is 0 Å². The predicted octanol–water partition coefficient (Wildman–Crippen LogP) is 5.05. The van der Waals surface area contributed by atoms with Gasteiger partial charge < -0.3 is 5.73 Å². The van der Waals surface area contributed by atoms with Crippen molar-refractivity contribution >= 4 is 16.5 Å². The van der Waals surface area contributed by atoms with E-state index in [1.807, 2.05) is 0 Å². The average molecular weight is 300 g/mol. The summed E-state index contributed by atoms with van der Waals surface area (Å²) in [6.45, 7) is 11.5. The van der Waals surface area contributed by atoms with E-state index < -0.39 is 0 Å². The van der Waals surface area contributed by atoms with Gasteiger partial charge in [-0.1, -0.05) is 39.8 Å². The second-order valence-electron chi connectivity index (χ2n) is 7.49. The molecular weight excluding hydrogens is 276 g/mol. The third-order valence-corrected chi connectivity index (χ3v) is 5.74. The molecule has 1 aliphatic rings. The fourth-order valence-electron chi connectivity index (χ4n) is 3.42. The maximum absolute atomic E-state index is 5.86. The molecule has 0 amide bonds. The molecule has 0 aliphatic heterocycles. The van der Waals surface area contributed by atoms with E-state index in [1.54, 1.807) is 11.3 Å². The number of nitrogen functional groups attached to an aromatic ring is 1. The summed E-state index contributed by atoms with van der Waals surface area (Å²) in [5.41, 5.74) is 11.6. The van der Waals surface area contributed by atoms with Crippen LogP contribution in [0.2, 0.25) is 0 Å². The highest BCUT2D eigenvalue weighted by Gasteiger charge is 2.37. The van der Waals surface area contributed by atoms with Gasteiger partial charge in [-0.3, -0.25) is 0 Å². The summed E-state index contributed by atoms with van der Waals surface area (Å²) >= 11 is 1.57. The van der Waals surface area contributed by atoms with Crippen molar-refractivity contribution in [3.63, 3.8) is 0 Å². The van der Waals surface area contributed by atoms with Crippen LogP contribution in [0.3, 0.4) is 0 Å². The highest BCUT2D eigenvalue weighted by atomic mass is 32.1. The molecule has 2 aromatic rings. The van der Waals surface area contributed by atoms with Gasteiger partial charge >= 0.3 is 0 Å². The van der Waals surface area contributed by atoms with Crippen LogP contribution in [0.5, 0.6) is 0 Å². The number of hydrogen-bond acceptors (Lipinski definition) is 3. The van der Waals surface area contributed by atoms with Crippen molar-refractivity contribution in [2.45, 2.75) is 58.3 Å². The lowest BCUT2D eigenvalue weighted by molar-refractivity contribution is 0.332. The van der Waals surface area contributed by atoms with Gasteiger partial charge in [-0.25, -0.2) is 4.98 Å². The fourth-order valence-corrected chi connectivity index (χ4v) is 4.13. The van der Waals surface area contributed by atoms with Gasteiger partial charge in [0.1, 0.15) is 0 Å². The third kappa shape index (κ3) is 2.38. The van der Waals surface area contributed by atoms with Crippen LogP contribution < -0.4 is 5.73 Å². The first-order valence-corrected chi connectivity index (χ1v) is 8.41. The molecule has 0 fully saturated rings. The van der Waals surface area contributed by atoms with E-state index in [-0.39, 0.29) is 10.8 Å². The Morgan fingerprint density at radius 3 is 2.24 bits per heavy atom. The predicted molar refractivity (Wildman–Crippen MR) is 92.0 cm³/mol. The van der Waals surface area contributed by atoms with Gasteiger partial charge in [-0.05, 0) is 47.8 Å². The Hall–Kier alpha value is -1.35. The molecule has 0 spiro atoms. The molecular formula is C18H24N2S. The number of thiazole rings is 1. The number of anilines is 1. The molecule has 21 heavy (non-hydrogen) atoms. The van der Waals surface area contributed by atoms with Crippen LogP contribution in [0.1, 0.15) is 56.5 Å². The van der Waals surface area contributed by atoms with E-state index in [0.29, 0.717) is 5.13 Å². The zero-order valence-corrected chi connectivity index (χ0v) is 14.4. The quantitative estimate of drug-likeness (QED) is 0.800. The Morgan fingerprint density at radius 1 is 1.05 bits per heavy atom. The summed E-state index contributed by atoms with van der Waals surface area (Å²) in [7, 11) is 0. The largest absolute Gasteiger partial charge is 0.375 e. The molecule has 1 heterocycles. The molecule has 112 valence electrons. The second kappa shape index (κ2) is 4.57. The second-order valence-corrected chi connectivity index (χ2v) is 8.72. The normalized spacial score (nSPS) is 19.3. The molecule has 0 radical (unpaired) electrons. The van der Waals surface area contributed by atoms with E-state index in [9.17, 15) is 0 Å². The first kappa shape index (κ1) is 14.6. The third-order valence-electron chi connectivity index (χ3n) is 4.94. The number of aromatic nitrogens is 1. The van der Waals surface area contributed by atoms with Gasteiger partial charge in [0.05, 0.1) is 5.69 Å². The number of fused-ring (bicyclic) bond motifs is 1. The minimum Gasteiger partial charge on any atom is -0.375 e. The molecule has 2 nitrogen and oxygen atoms in total. The van der Waals surface area contributed by atoms with Crippen molar-refractivity contribution in [2.24, 2.45) is 0 Å². The highest BCUT2D eigenvalue weighted by molar-refractivity contribution is 7.15. The van der Waals surface area contributed by atoms with E-state index in [1.165, 1.54) is 34.4 Å². The Labute approximate surface area is 131 Å². The van der Waals surface area contributed by atoms with Gasteiger partial charge in [-0.2, -0.15) is 0 Å². The van der Waals surface area contributed by atoms with E-state index in [2.05, 4.69) is 57.8 Å². The van der Waals surface area contributed by atoms with E-state index in [4.69, 9.17) is 5.73 Å². The van der Waals surface area contributed by atoms with Gasteiger partial charge in [-0.15, -0.1) is 11.3 Å². The topological polar surface area (TPSA) is 38.9 Å². The summed E-state index contributed by atoms with van der Waals surface area (Å²) in [6.07, 6.45) is 2.48. The SMILES string of the molecule is Cc1sc(N)nc1-c1ccc2c(c1)C(C)(C)CCC2(C)C. The van der Waals surface area contributed by atoms with Crippen LogP contribution in [0, 0.1) is 6.92 Å². The zero-order chi connectivity index (χ0) is 15.4. The molecule has 1 aliphatic carbocycles. The first-order valence-electron chi connectivity index (χ1n) is 7.59. The van der Waals surface area contributed by atoms with E-state index in [0.717, 1.165) is 5.69 Å². The average Bonchev–Trinajstić information content (AvgIpc) is 2.74. The summed E-state index contributed by atoms with van der Waals surface area (Å²) in [5.74, 6) is 0. The van der Waals surface area contributed by atoms with Crippen molar-refractivity contribution in [3.8, 4) is 11.3 Å². The highest BCUT2D eigenvalue weighted by Crippen LogP contribution is 2.47. The molecule has 3 rings (SSSR count). The number of rotatable bonds is 1. The molecule has 0 saturated heterocycles. The molecule has 1 aromatic heterocycles. The Kier molecular flexibility index (Phi) is 3.17. The van der Waals surface area contributed by atoms with Gasteiger partial charge in [0.25, 0.3) is 0 Å². The van der Waals surface area contributed by atoms with Gasteiger partial charge in [0.2, 0.25) is 0 Å². The Morgan fingerprint density at radius 2 is 1.67 bits per heavy atom. The van der Waals surface area contributed by atoms with Crippen LogP contribution in [0.15, 0.2) is 18.2 Å². The maximum atomic E-state index is 5.86. The molecule has 0 bridgehead atoms. The number of aryl methyl sites for hydroxylation is 1. The lowest BCUT2D eigenvalue weighted by Crippen LogP contribution is -2.33. The molecule has 3 heteroatoms. The first-order chi connectivity index (χ1) is 9.71. The summed E-state index contributed by atoms with van der Waals surface area (Å²) in [4.78, 5) is 5.70. The number of hydrogen-bond donors (Lipinski definition) is 1. The van der Waals surface area contributed by atoms with Crippen LogP contribution in [0.25, 0.3) is 11.3 Å². The number of nitrogens with zero attached hydrogens (tertiary/aromatic N) is 1. The zero-order valence-electron chi connectivity index (χ0n) is 13.6. The summed E-state index contributed by atoms with van der Waals surface area (Å²) < 4.78 is 0. The van der Waals surface area contributed by atoms with Crippen molar-refractivity contribution in [3.05, 3.63) is 34.2 Å². The molecule has 2 N–H and O–H groups in total. The van der Waals surface area contributed by atoms with Gasteiger partial charge in [0, 0.05) is 10.4 Å².